The van der Waals surface area contributed by atoms with Gasteiger partial charge in [-0.1, -0.05) is 5.16 Å². The summed E-state index contributed by atoms with van der Waals surface area (Å²) in [7, 11) is 0. The lowest BCUT2D eigenvalue weighted by Gasteiger charge is -2.36. The maximum atomic E-state index is 11.3. The number of nitrogens with zero attached hydrogens (tertiary/aromatic N) is 5. The molecule has 0 saturated carbocycles. The molecular weight excluding hydrogens is 272 g/mol. The first-order chi connectivity index (χ1) is 10.1. The number of piperazine rings is 1. The number of hydrogen-bond acceptors (Lipinski definition) is 5. The fourth-order valence-electron chi connectivity index (χ4n) is 2.21. The Hall–Kier alpha value is -2.12. The fraction of sp³-hybridized carbons (Fsp3) is 0.692. The molecule has 0 atom stereocenters. The minimum Gasteiger partial charge on any atom is -0.357 e. The van der Waals surface area contributed by atoms with Gasteiger partial charge in [-0.25, -0.2) is 4.99 Å². The Labute approximate surface area is 124 Å². The molecule has 1 aromatic rings. The van der Waals surface area contributed by atoms with Gasteiger partial charge >= 0.3 is 0 Å². The van der Waals surface area contributed by atoms with Crippen LogP contribution < -0.4 is 5.32 Å². The zero-order valence-corrected chi connectivity index (χ0v) is 12.8. The van der Waals surface area contributed by atoms with Crippen LogP contribution in [0.25, 0.3) is 0 Å². The highest BCUT2D eigenvalue weighted by Gasteiger charge is 2.20. The van der Waals surface area contributed by atoms with Crippen molar-refractivity contribution in [2.45, 2.75) is 27.3 Å². The van der Waals surface area contributed by atoms with Gasteiger partial charge in [0.25, 0.3) is 0 Å². The summed E-state index contributed by atoms with van der Waals surface area (Å²) in [5.74, 6) is 2.06. The fourth-order valence-corrected chi connectivity index (χ4v) is 2.21. The molecule has 1 saturated heterocycles. The first kappa shape index (κ1) is 15.3. The zero-order chi connectivity index (χ0) is 15.2. The van der Waals surface area contributed by atoms with Gasteiger partial charge in [0.05, 0.1) is 0 Å². The third-order valence-corrected chi connectivity index (χ3v) is 3.30. The maximum absolute atomic E-state index is 11.3. The number of aryl methyl sites for hydroxylation is 1. The zero-order valence-electron chi connectivity index (χ0n) is 12.8. The molecule has 2 heterocycles. The number of guanidine groups is 1. The van der Waals surface area contributed by atoms with E-state index in [0.29, 0.717) is 18.3 Å². The van der Waals surface area contributed by atoms with Gasteiger partial charge < -0.3 is 19.6 Å². The number of carbonyl (C=O) groups is 1. The third kappa shape index (κ3) is 4.17. The monoisotopic (exact) mass is 294 g/mol. The molecule has 0 aliphatic carbocycles. The molecule has 0 radical (unpaired) electrons. The third-order valence-electron chi connectivity index (χ3n) is 3.30. The Kier molecular flexibility index (Phi) is 5.13. The first-order valence-electron chi connectivity index (χ1n) is 7.18. The maximum Gasteiger partial charge on any atom is 0.223 e. The second-order valence-electron chi connectivity index (χ2n) is 4.89. The molecule has 116 valence electrons. The Balaban J connectivity index is 1.97. The molecule has 2 rings (SSSR count). The molecule has 1 aliphatic rings. The number of amides is 1. The summed E-state index contributed by atoms with van der Waals surface area (Å²) in [5.41, 5.74) is 0. The molecule has 1 N–H and O–H groups in total. The number of aliphatic imine (C=N–C) groups is 1. The lowest BCUT2D eigenvalue weighted by atomic mass is 10.3. The Morgan fingerprint density at radius 3 is 2.52 bits per heavy atom. The van der Waals surface area contributed by atoms with Crippen LogP contribution in [-0.2, 0) is 11.3 Å². The minimum absolute atomic E-state index is 0.124. The molecule has 1 amide bonds. The lowest BCUT2D eigenvalue weighted by molar-refractivity contribution is -0.130. The van der Waals surface area contributed by atoms with E-state index in [-0.39, 0.29) is 5.91 Å². The van der Waals surface area contributed by atoms with E-state index < -0.39 is 0 Å². The predicted molar refractivity (Wildman–Crippen MR) is 77.7 cm³/mol. The van der Waals surface area contributed by atoms with Gasteiger partial charge in [0.15, 0.2) is 11.8 Å². The quantitative estimate of drug-likeness (QED) is 0.624. The topological polar surface area (TPSA) is 86.9 Å². The highest BCUT2D eigenvalue weighted by atomic mass is 16.5. The van der Waals surface area contributed by atoms with E-state index in [1.165, 1.54) is 0 Å². The average Bonchev–Trinajstić information content (AvgIpc) is 2.89. The standard InChI is InChI=1S/C13H22N6O2/c1-4-14-13(15-9-12-16-10(2)21-17-12)19-7-5-18(6-8-19)11(3)20/h4-9H2,1-3H3,(H,14,15). The van der Waals surface area contributed by atoms with Crippen molar-refractivity contribution in [3.63, 3.8) is 0 Å². The van der Waals surface area contributed by atoms with E-state index >= 15 is 0 Å². The number of aromatic nitrogens is 2. The van der Waals surface area contributed by atoms with Gasteiger partial charge in [0, 0.05) is 46.6 Å². The molecular formula is C13H22N6O2. The summed E-state index contributed by atoms with van der Waals surface area (Å²) < 4.78 is 4.93. The van der Waals surface area contributed by atoms with Gasteiger partial charge in [-0.05, 0) is 6.92 Å². The van der Waals surface area contributed by atoms with Crippen molar-refractivity contribution in [1.29, 1.82) is 0 Å². The van der Waals surface area contributed by atoms with Crippen LogP contribution in [0.2, 0.25) is 0 Å². The number of carbonyl (C=O) groups excluding carboxylic acids is 1. The van der Waals surface area contributed by atoms with Gasteiger partial charge in [0.1, 0.15) is 6.54 Å². The minimum atomic E-state index is 0.124. The van der Waals surface area contributed by atoms with Crippen molar-refractivity contribution < 1.29 is 9.32 Å². The van der Waals surface area contributed by atoms with Crippen LogP contribution >= 0.6 is 0 Å². The van der Waals surface area contributed by atoms with Crippen molar-refractivity contribution >= 4 is 11.9 Å². The Morgan fingerprint density at radius 2 is 2.00 bits per heavy atom. The summed E-state index contributed by atoms with van der Waals surface area (Å²) in [6.07, 6.45) is 0. The van der Waals surface area contributed by atoms with Gasteiger partial charge in [-0.3, -0.25) is 4.79 Å². The SMILES string of the molecule is CCNC(=NCc1noc(C)n1)N1CCN(C(C)=O)CC1. The van der Waals surface area contributed by atoms with E-state index in [4.69, 9.17) is 4.52 Å². The molecule has 8 nitrogen and oxygen atoms in total. The largest absolute Gasteiger partial charge is 0.357 e. The molecule has 21 heavy (non-hydrogen) atoms. The molecule has 0 bridgehead atoms. The highest BCUT2D eigenvalue weighted by Crippen LogP contribution is 2.04. The van der Waals surface area contributed by atoms with Crippen LogP contribution in [0.15, 0.2) is 9.52 Å². The van der Waals surface area contributed by atoms with Crippen LogP contribution in [0, 0.1) is 6.92 Å². The molecule has 8 heteroatoms. The molecule has 0 aromatic carbocycles. The number of nitrogens with one attached hydrogen (secondary N) is 1. The first-order valence-corrected chi connectivity index (χ1v) is 7.18. The van der Waals surface area contributed by atoms with Crippen molar-refractivity contribution in [3.8, 4) is 0 Å². The Morgan fingerprint density at radius 1 is 1.33 bits per heavy atom. The highest BCUT2D eigenvalue weighted by molar-refractivity contribution is 5.80. The summed E-state index contributed by atoms with van der Waals surface area (Å²) in [6.45, 7) is 9.55. The Bertz CT molecular complexity index is 505. The molecule has 1 aromatic heterocycles. The van der Waals surface area contributed by atoms with E-state index in [1.807, 2.05) is 11.8 Å². The van der Waals surface area contributed by atoms with E-state index in [2.05, 4.69) is 25.3 Å². The van der Waals surface area contributed by atoms with Crippen molar-refractivity contribution in [3.05, 3.63) is 11.7 Å². The second-order valence-corrected chi connectivity index (χ2v) is 4.89. The van der Waals surface area contributed by atoms with Gasteiger partial charge in [-0.2, -0.15) is 4.98 Å². The number of hydrogen-bond donors (Lipinski definition) is 1. The molecule has 0 spiro atoms. The van der Waals surface area contributed by atoms with Crippen LogP contribution in [-0.4, -0.2) is 64.5 Å². The van der Waals surface area contributed by atoms with Gasteiger partial charge in [-0.15, -0.1) is 0 Å². The average molecular weight is 294 g/mol. The van der Waals surface area contributed by atoms with Crippen LogP contribution in [0.5, 0.6) is 0 Å². The van der Waals surface area contributed by atoms with Crippen LogP contribution in [0.3, 0.4) is 0 Å². The number of rotatable bonds is 3. The van der Waals surface area contributed by atoms with Crippen molar-refractivity contribution in [2.75, 3.05) is 32.7 Å². The van der Waals surface area contributed by atoms with E-state index in [1.54, 1.807) is 13.8 Å². The van der Waals surface area contributed by atoms with Crippen molar-refractivity contribution in [2.24, 2.45) is 4.99 Å². The predicted octanol–water partition coefficient (Wildman–Crippen LogP) is 0.00762. The molecule has 1 aliphatic heterocycles. The molecule has 1 fully saturated rings. The molecule has 0 unspecified atom stereocenters. The smallest absolute Gasteiger partial charge is 0.223 e. The summed E-state index contributed by atoms with van der Waals surface area (Å²) >= 11 is 0. The summed E-state index contributed by atoms with van der Waals surface area (Å²) in [4.78, 5) is 24.0. The second kappa shape index (κ2) is 7.05. The normalized spacial score (nSPS) is 16.2. The van der Waals surface area contributed by atoms with Gasteiger partial charge in [0.2, 0.25) is 11.8 Å². The van der Waals surface area contributed by atoms with E-state index in [9.17, 15) is 4.79 Å². The van der Waals surface area contributed by atoms with Crippen molar-refractivity contribution in [1.82, 2.24) is 25.3 Å². The van der Waals surface area contributed by atoms with E-state index in [0.717, 1.165) is 38.7 Å². The van der Waals surface area contributed by atoms with Crippen LogP contribution in [0.4, 0.5) is 0 Å². The summed E-state index contributed by atoms with van der Waals surface area (Å²) in [5, 5.41) is 7.10. The summed E-state index contributed by atoms with van der Waals surface area (Å²) in [6, 6.07) is 0. The lowest BCUT2D eigenvalue weighted by Crippen LogP contribution is -2.53. The van der Waals surface area contributed by atoms with Crippen LogP contribution in [0.1, 0.15) is 25.6 Å².